The van der Waals surface area contributed by atoms with Gasteiger partial charge in [-0.25, -0.2) is 4.39 Å². The lowest BCUT2D eigenvalue weighted by atomic mass is 9.78. The van der Waals surface area contributed by atoms with Crippen LogP contribution in [0.3, 0.4) is 0 Å². The van der Waals surface area contributed by atoms with E-state index < -0.39 is 0 Å². The molecule has 4 nitrogen and oxygen atoms in total. The van der Waals surface area contributed by atoms with E-state index in [0.29, 0.717) is 22.7 Å². The van der Waals surface area contributed by atoms with E-state index in [1.54, 1.807) is 12.1 Å². The van der Waals surface area contributed by atoms with Gasteiger partial charge in [-0.1, -0.05) is 46.6 Å². The van der Waals surface area contributed by atoms with Crippen molar-refractivity contribution in [1.29, 1.82) is 0 Å². The fourth-order valence-corrected chi connectivity index (χ4v) is 4.56. The Labute approximate surface area is 181 Å². The lowest BCUT2D eigenvalue weighted by Crippen LogP contribution is -2.29. The Bertz CT molecular complexity index is 1040. The zero-order valence-corrected chi connectivity index (χ0v) is 17.9. The average molecular weight is 426 g/mol. The van der Waals surface area contributed by atoms with E-state index in [1.807, 2.05) is 36.4 Å². The molecule has 1 unspecified atom stereocenters. The maximum absolute atomic E-state index is 13.8. The molecule has 1 atom stereocenters. The molecule has 0 saturated heterocycles. The minimum Gasteiger partial charge on any atom is -0.334 e. The van der Waals surface area contributed by atoms with Crippen LogP contribution >= 0.6 is 11.6 Å². The molecule has 0 amide bonds. The van der Waals surface area contributed by atoms with E-state index in [2.05, 4.69) is 29.1 Å². The molecule has 0 bridgehead atoms. The van der Waals surface area contributed by atoms with Crippen LogP contribution in [0.5, 0.6) is 0 Å². The summed E-state index contributed by atoms with van der Waals surface area (Å²) >= 11 is 6.05. The van der Waals surface area contributed by atoms with Crippen molar-refractivity contribution in [2.75, 3.05) is 14.1 Å². The van der Waals surface area contributed by atoms with Crippen molar-refractivity contribution in [3.05, 3.63) is 76.4 Å². The Hall–Kier alpha value is -2.50. The third-order valence-corrected chi connectivity index (χ3v) is 5.95. The zero-order valence-electron chi connectivity index (χ0n) is 17.2. The van der Waals surface area contributed by atoms with Gasteiger partial charge in [0.05, 0.1) is 0 Å². The van der Waals surface area contributed by atoms with Crippen LogP contribution in [0.25, 0.3) is 17.5 Å². The number of rotatable bonds is 5. The second-order valence-electron chi connectivity index (χ2n) is 8.07. The maximum atomic E-state index is 13.8. The van der Waals surface area contributed by atoms with Crippen molar-refractivity contribution in [3.8, 4) is 11.4 Å². The molecule has 156 valence electrons. The van der Waals surface area contributed by atoms with Gasteiger partial charge in [0, 0.05) is 22.7 Å². The second kappa shape index (κ2) is 9.11. The highest BCUT2D eigenvalue weighted by atomic mass is 35.5. The Morgan fingerprint density at radius 3 is 2.60 bits per heavy atom. The SMILES string of the molecule is CN(C)C(c1cccc(F)c1)C1CCC(=Cc2nc(-c3cccc(Cl)c3)no2)CC1. The van der Waals surface area contributed by atoms with E-state index in [9.17, 15) is 4.39 Å². The summed E-state index contributed by atoms with van der Waals surface area (Å²) in [4.78, 5) is 6.69. The molecule has 0 spiro atoms. The molecule has 1 aliphatic rings. The van der Waals surface area contributed by atoms with Gasteiger partial charge in [-0.3, -0.25) is 0 Å². The lowest BCUT2D eigenvalue weighted by molar-refractivity contribution is 0.183. The number of hydrogen-bond donors (Lipinski definition) is 0. The molecule has 1 heterocycles. The van der Waals surface area contributed by atoms with Crippen molar-refractivity contribution in [2.45, 2.75) is 31.7 Å². The summed E-state index contributed by atoms with van der Waals surface area (Å²) in [7, 11) is 4.13. The van der Waals surface area contributed by atoms with Gasteiger partial charge in [0.15, 0.2) is 0 Å². The van der Waals surface area contributed by atoms with Gasteiger partial charge in [-0.05, 0) is 75.5 Å². The standard InChI is InChI=1S/C24H25ClFN3O/c1-29(2)23(18-5-4-8-21(26)15-18)17-11-9-16(10-12-17)13-22-27-24(28-30-22)19-6-3-7-20(25)14-19/h3-8,13-15,17,23H,9-12H2,1-2H3. The van der Waals surface area contributed by atoms with E-state index in [-0.39, 0.29) is 11.9 Å². The molecule has 1 saturated carbocycles. The molecular formula is C24H25ClFN3O. The molecule has 2 aromatic carbocycles. The number of hydrogen-bond acceptors (Lipinski definition) is 4. The molecule has 1 aliphatic carbocycles. The third kappa shape index (κ3) is 4.79. The monoisotopic (exact) mass is 425 g/mol. The number of aromatic nitrogens is 2. The van der Waals surface area contributed by atoms with E-state index in [4.69, 9.17) is 16.1 Å². The Morgan fingerprint density at radius 2 is 1.90 bits per heavy atom. The molecule has 6 heteroatoms. The Balaban J connectivity index is 1.44. The van der Waals surface area contributed by atoms with Crippen molar-refractivity contribution >= 4 is 17.7 Å². The highest BCUT2D eigenvalue weighted by molar-refractivity contribution is 6.30. The summed E-state index contributed by atoms with van der Waals surface area (Å²) in [6, 6.07) is 14.6. The number of nitrogens with zero attached hydrogens (tertiary/aromatic N) is 3. The summed E-state index contributed by atoms with van der Waals surface area (Å²) in [5.74, 6) is 1.36. The molecule has 4 rings (SSSR count). The third-order valence-electron chi connectivity index (χ3n) is 5.72. The molecular weight excluding hydrogens is 401 g/mol. The highest BCUT2D eigenvalue weighted by Gasteiger charge is 2.28. The molecule has 0 radical (unpaired) electrons. The van der Waals surface area contributed by atoms with Crippen LogP contribution in [-0.2, 0) is 0 Å². The van der Waals surface area contributed by atoms with E-state index in [1.165, 1.54) is 11.6 Å². The van der Waals surface area contributed by atoms with Gasteiger partial charge in [0.2, 0.25) is 5.82 Å². The minimum absolute atomic E-state index is 0.178. The number of allylic oxidation sites excluding steroid dienone is 1. The van der Waals surface area contributed by atoms with Gasteiger partial charge in [-0.2, -0.15) is 4.98 Å². The van der Waals surface area contributed by atoms with Crippen molar-refractivity contribution in [3.63, 3.8) is 0 Å². The first-order valence-electron chi connectivity index (χ1n) is 10.2. The Kier molecular flexibility index (Phi) is 6.30. The number of benzene rings is 2. The van der Waals surface area contributed by atoms with Gasteiger partial charge < -0.3 is 9.42 Å². The first-order valence-corrected chi connectivity index (χ1v) is 10.6. The summed E-state index contributed by atoms with van der Waals surface area (Å²) in [6.07, 6.45) is 6.03. The zero-order chi connectivity index (χ0) is 21.1. The summed E-state index contributed by atoms with van der Waals surface area (Å²) in [6.45, 7) is 0. The summed E-state index contributed by atoms with van der Waals surface area (Å²) < 4.78 is 19.2. The predicted molar refractivity (Wildman–Crippen MR) is 118 cm³/mol. The van der Waals surface area contributed by atoms with Gasteiger partial charge in [0.25, 0.3) is 5.89 Å². The second-order valence-corrected chi connectivity index (χ2v) is 8.51. The van der Waals surface area contributed by atoms with Crippen LogP contribution < -0.4 is 0 Å². The molecule has 1 fully saturated rings. The van der Waals surface area contributed by atoms with Crippen molar-refractivity contribution in [2.24, 2.45) is 5.92 Å². The fraction of sp³-hybridized carbons (Fsp3) is 0.333. The molecule has 3 aromatic rings. The van der Waals surface area contributed by atoms with E-state index >= 15 is 0 Å². The summed E-state index contributed by atoms with van der Waals surface area (Å²) in [5.41, 5.74) is 3.19. The smallest absolute Gasteiger partial charge is 0.250 e. The van der Waals surface area contributed by atoms with Crippen LogP contribution in [0.1, 0.15) is 43.2 Å². The van der Waals surface area contributed by atoms with E-state index in [0.717, 1.165) is 36.8 Å². The first-order chi connectivity index (χ1) is 14.5. The van der Waals surface area contributed by atoms with Gasteiger partial charge in [-0.15, -0.1) is 0 Å². The quantitative estimate of drug-likeness (QED) is 0.474. The van der Waals surface area contributed by atoms with Crippen LogP contribution in [-0.4, -0.2) is 29.1 Å². The normalized spacial score (nSPS) is 17.9. The predicted octanol–water partition coefficient (Wildman–Crippen LogP) is 6.41. The first kappa shape index (κ1) is 20.8. The Morgan fingerprint density at radius 1 is 1.13 bits per heavy atom. The van der Waals surface area contributed by atoms with Gasteiger partial charge >= 0.3 is 0 Å². The molecule has 1 aromatic heterocycles. The maximum Gasteiger partial charge on any atom is 0.250 e. The fourth-order valence-electron chi connectivity index (χ4n) is 4.37. The average Bonchev–Trinajstić information content (AvgIpc) is 3.18. The van der Waals surface area contributed by atoms with Crippen molar-refractivity contribution in [1.82, 2.24) is 15.0 Å². The molecule has 0 N–H and O–H groups in total. The summed E-state index contributed by atoms with van der Waals surface area (Å²) in [5, 5.41) is 4.72. The highest BCUT2D eigenvalue weighted by Crippen LogP contribution is 2.39. The van der Waals surface area contributed by atoms with Gasteiger partial charge in [0.1, 0.15) is 5.82 Å². The van der Waals surface area contributed by atoms with Crippen molar-refractivity contribution < 1.29 is 8.91 Å². The largest absolute Gasteiger partial charge is 0.334 e. The number of halogens is 2. The minimum atomic E-state index is -0.178. The van der Waals surface area contributed by atoms with Crippen LogP contribution in [0, 0.1) is 11.7 Å². The molecule has 0 aliphatic heterocycles. The van der Waals surface area contributed by atoms with Crippen LogP contribution in [0.15, 0.2) is 58.6 Å². The molecule has 30 heavy (non-hydrogen) atoms. The van der Waals surface area contributed by atoms with Crippen LogP contribution in [0.4, 0.5) is 4.39 Å². The topological polar surface area (TPSA) is 42.2 Å². The lowest BCUT2D eigenvalue weighted by Gasteiger charge is -2.36. The van der Waals surface area contributed by atoms with Crippen LogP contribution in [0.2, 0.25) is 5.02 Å².